The number of hydrogen-bond acceptors (Lipinski definition) is 4. The highest BCUT2D eigenvalue weighted by molar-refractivity contribution is 5.85. The largest absolute Gasteiger partial charge is 0.370 e. The zero-order chi connectivity index (χ0) is 9.07. The fourth-order valence-electron chi connectivity index (χ4n) is 0.271. The molecule has 0 saturated carbocycles. The zero-order valence-corrected chi connectivity index (χ0v) is 7.22. The molecule has 64 valence electrons. The highest BCUT2D eigenvalue weighted by atomic mass is 16.7. The summed E-state index contributed by atoms with van der Waals surface area (Å²) in [5.74, 6) is -0.543. The molecule has 0 aliphatic rings. The maximum absolute atomic E-state index is 10.8. The molecule has 0 unspecified atom stereocenters. The van der Waals surface area contributed by atoms with E-state index in [-0.39, 0.29) is 5.78 Å². The van der Waals surface area contributed by atoms with Crippen molar-refractivity contribution in [3.63, 3.8) is 0 Å². The lowest BCUT2D eigenvalue weighted by molar-refractivity contribution is -0.154. The summed E-state index contributed by atoms with van der Waals surface area (Å²) in [6.07, 6.45) is 0. The number of carbonyl (C=O) groups excluding carboxylic acids is 2. The van der Waals surface area contributed by atoms with E-state index in [0.29, 0.717) is 0 Å². The van der Waals surface area contributed by atoms with Crippen LogP contribution >= 0.6 is 0 Å². The van der Waals surface area contributed by atoms with Crippen LogP contribution in [-0.2, 0) is 14.4 Å². The summed E-state index contributed by atoms with van der Waals surface area (Å²) in [5, 5.41) is 0. The van der Waals surface area contributed by atoms with Gasteiger partial charge in [0.25, 0.3) is 0 Å². The van der Waals surface area contributed by atoms with E-state index in [1.807, 2.05) is 0 Å². The van der Waals surface area contributed by atoms with Crippen molar-refractivity contribution >= 4 is 11.8 Å². The lowest BCUT2D eigenvalue weighted by atomic mass is 10.0. The van der Waals surface area contributed by atoms with Gasteiger partial charge in [0.05, 0.1) is 0 Å². The number of hydroxylamine groups is 1. The van der Waals surface area contributed by atoms with Crippen molar-refractivity contribution < 1.29 is 14.4 Å². The maximum Gasteiger partial charge on any atom is 0.321 e. The molecule has 0 rings (SSSR count). The molecule has 0 aromatic rings. The SMILES string of the molecule is CC(=O)ONC(C)(C)C(C)=O. The highest BCUT2D eigenvalue weighted by Gasteiger charge is 2.24. The van der Waals surface area contributed by atoms with E-state index in [0.717, 1.165) is 0 Å². The van der Waals surface area contributed by atoms with Gasteiger partial charge in [0, 0.05) is 6.92 Å². The minimum atomic E-state index is -0.800. The first-order chi connectivity index (χ1) is 4.86. The smallest absolute Gasteiger partial charge is 0.321 e. The van der Waals surface area contributed by atoms with Crippen LogP contribution in [0.3, 0.4) is 0 Å². The van der Waals surface area contributed by atoms with Gasteiger partial charge < -0.3 is 4.84 Å². The van der Waals surface area contributed by atoms with Gasteiger partial charge in [-0.2, -0.15) is 0 Å². The average molecular weight is 159 g/mol. The van der Waals surface area contributed by atoms with Gasteiger partial charge in [-0.3, -0.25) is 9.59 Å². The van der Waals surface area contributed by atoms with Crippen molar-refractivity contribution in [3.8, 4) is 0 Å². The van der Waals surface area contributed by atoms with E-state index in [1.165, 1.54) is 13.8 Å². The van der Waals surface area contributed by atoms with Crippen molar-refractivity contribution in [1.82, 2.24) is 5.48 Å². The van der Waals surface area contributed by atoms with Crippen LogP contribution in [0.15, 0.2) is 0 Å². The standard InChI is InChI=1S/C7H13NO3/c1-5(9)7(3,4)8-11-6(2)10/h8H,1-4H3. The van der Waals surface area contributed by atoms with Gasteiger partial charge in [-0.1, -0.05) is 0 Å². The second kappa shape index (κ2) is 3.48. The van der Waals surface area contributed by atoms with Crippen LogP contribution in [0.5, 0.6) is 0 Å². The molecule has 0 atom stereocenters. The van der Waals surface area contributed by atoms with Gasteiger partial charge in [0.2, 0.25) is 0 Å². The van der Waals surface area contributed by atoms with E-state index in [9.17, 15) is 9.59 Å². The summed E-state index contributed by atoms with van der Waals surface area (Å²) in [5.41, 5.74) is 1.56. The fourth-order valence-corrected chi connectivity index (χ4v) is 0.271. The first-order valence-electron chi connectivity index (χ1n) is 3.32. The zero-order valence-electron chi connectivity index (χ0n) is 7.22. The Labute approximate surface area is 65.9 Å². The summed E-state index contributed by atoms with van der Waals surface area (Å²) < 4.78 is 0. The van der Waals surface area contributed by atoms with Crippen LogP contribution in [-0.4, -0.2) is 17.3 Å². The molecule has 11 heavy (non-hydrogen) atoms. The van der Waals surface area contributed by atoms with Crippen LogP contribution in [0.25, 0.3) is 0 Å². The Bertz CT molecular complexity index is 175. The number of hydrogen-bond donors (Lipinski definition) is 1. The molecular formula is C7H13NO3. The average Bonchev–Trinajstić information content (AvgIpc) is 1.84. The van der Waals surface area contributed by atoms with Crippen molar-refractivity contribution in [2.24, 2.45) is 0 Å². The van der Waals surface area contributed by atoms with Crippen molar-refractivity contribution in [3.05, 3.63) is 0 Å². The summed E-state index contributed by atoms with van der Waals surface area (Å²) in [6, 6.07) is 0. The highest BCUT2D eigenvalue weighted by Crippen LogP contribution is 2.02. The molecular weight excluding hydrogens is 146 g/mol. The maximum atomic E-state index is 10.8. The third-order valence-corrected chi connectivity index (χ3v) is 1.33. The predicted molar refractivity (Wildman–Crippen MR) is 39.7 cm³/mol. The molecule has 0 bridgehead atoms. The Hall–Kier alpha value is -0.900. The quantitative estimate of drug-likeness (QED) is 0.606. The summed E-state index contributed by atoms with van der Waals surface area (Å²) >= 11 is 0. The number of carbonyl (C=O) groups is 2. The number of nitrogens with one attached hydrogen (secondary N) is 1. The van der Waals surface area contributed by atoms with Crippen molar-refractivity contribution in [2.75, 3.05) is 0 Å². The minimum absolute atomic E-state index is 0.0845. The number of Topliss-reactive ketones (excluding diaryl/α,β-unsaturated/α-hetero) is 1. The van der Waals surface area contributed by atoms with Gasteiger partial charge in [-0.15, -0.1) is 5.48 Å². The normalized spacial score (nSPS) is 10.9. The fraction of sp³-hybridized carbons (Fsp3) is 0.714. The van der Waals surface area contributed by atoms with Crippen LogP contribution in [0.1, 0.15) is 27.7 Å². The number of ketones is 1. The van der Waals surface area contributed by atoms with E-state index in [4.69, 9.17) is 0 Å². The van der Waals surface area contributed by atoms with Gasteiger partial charge in [-0.25, -0.2) is 0 Å². The molecule has 4 heteroatoms. The molecule has 0 amide bonds. The third kappa shape index (κ3) is 3.72. The van der Waals surface area contributed by atoms with Gasteiger partial charge in [0.15, 0.2) is 5.78 Å². The second-order valence-electron chi connectivity index (χ2n) is 2.88. The van der Waals surface area contributed by atoms with Gasteiger partial charge >= 0.3 is 5.97 Å². The predicted octanol–water partition coefficient (Wildman–Crippen LogP) is 0.422. The summed E-state index contributed by atoms with van der Waals surface area (Å²) in [4.78, 5) is 25.6. The monoisotopic (exact) mass is 159 g/mol. The molecule has 1 N–H and O–H groups in total. The van der Waals surface area contributed by atoms with E-state index in [2.05, 4.69) is 10.3 Å². The third-order valence-electron chi connectivity index (χ3n) is 1.33. The minimum Gasteiger partial charge on any atom is -0.370 e. The van der Waals surface area contributed by atoms with E-state index < -0.39 is 11.5 Å². The van der Waals surface area contributed by atoms with Crippen molar-refractivity contribution in [1.29, 1.82) is 0 Å². The Morgan fingerprint density at radius 2 is 1.73 bits per heavy atom. The first kappa shape index (κ1) is 10.1. The molecule has 0 aliphatic carbocycles. The van der Waals surface area contributed by atoms with Crippen molar-refractivity contribution in [2.45, 2.75) is 33.2 Å². The molecule has 0 aromatic carbocycles. The van der Waals surface area contributed by atoms with Gasteiger partial charge in [-0.05, 0) is 20.8 Å². The van der Waals surface area contributed by atoms with E-state index in [1.54, 1.807) is 13.8 Å². The molecule has 0 saturated heterocycles. The first-order valence-corrected chi connectivity index (χ1v) is 3.32. The van der Waals surface area contributed by atoms with Crippen LogP contribution in [0, 0.1) is 0 Å². The molecule has 0 aliphatic heterocycles. The Morgan fingerprint density at radius 1 is 1.27 bits per heavy atom. The summed E-state index contributed by atoms with van der Waals surface area (Å²) in [6.45, 7) is 5.97. The lowest BCUT2D eigenvalue weighted by Crippen LogP contribution is -2.46. The Morgan fingerprint density at radius 3 is 2.00 bits per heavy atom. The summed E-state index contributed by atoms with van der Waals surface area (Å²) in [7, 11) is 0. The molecule has 0 aromatic heterocycles. The Balaban J connectivity index is 3.92. The van der Waals surface area contributed by atoms with E-state index >= 15 is 0 Å². The van der Waals surface area contributed by atoms with Crippen LogP contribution < -0.4 is 5.48 Å². The lowest BCUT2D eigenvalue weighted by Gasteiger charge is -2.20. The van der Waals surface area contributed by atoms with Gasteiger partial charge in [0.1, 0.15) is 5.54 Å². The van der Waals surface area contributed by atoms with Crippen LogP contribution in [0.4, 0.5) is 0 Å². The topological polar surface area (TPSA) is 55.4 Å². The molecule has 0 radical (unpaired) electrons. The Kier molecular flexibility index (Phi) is 3.19. The van der Waals surface area contributed by atoms with Crippen LogP contribution in [0.2, 0.25) is 0 Å². The second-order valence-corrected chi connectivity index (χ2v) is 2.88. The molecule has 0 fully saturated rings. The number of rotatable bonds is 3. The molecule has 4 nitrogen and oxygen atoms in total. The molecule has 0 heterocycles. The molecule has 0 spiro atoms.